The van der Waals surface area contributed by atoms with Crippen molar-refractivity contribution in [1.29, 1.82) is 0 Å². The van der Waals surface area contributed by atoms with Crippen LogP contribution in [0.5, 0.6) is 5.75 Å². The highest BCUT2D eigenvalue weighted by atomic mass is 16.5. The molecule has 0 heterocycles. The minimum Gasteiger partial charge on any atom is -0.483 e. The summed E-state index contributed by atoms with van der Waals surface area (Å²) in [5.74, 6) is -0.173. The van der Waals surface area contributed by atoms with Crippen molar-refractivity contribution in [3.8, 4) is 5.75 Å². The maximum Gasteiger partial charge on any atom is 0.276 e. The van der Waals surface area contributed by atoms with Crippen LogP contribution in [0.1, 0.15) is 21.5 Å². The Labute approximate surface area is 158 Å². The predicted octanol–water partition coefficient (Wildman–Crippen LogP) is 3.12. The summed E-state index contributed by atoms with van der Waals surface area (Å²) in [6.07, 6.45) is 0.712. The van der Waals surface area contributed by atoms with Crippen LogP contribution in [0.2, 0.25) is 0 Å². The zero-order valence-corrected chi connectivity index (χ0v) is 14.7. The van der Waals surface area contributed by atoms with Crippen LogP contribution in [0.4, 0.5) is 0 Å². The number of amides is 2. The minimum atomic E-state index is -0.436. The zero-order valence-electron chi connectivity index (χ0n) is 14.7. The van der Waals surface area contributed by atoms with E-state index in [1.54, 1.807) is 24.3 Å². The normalized spacial score (nSPS) is 10.1. The van der Waals surface area contributed by atoms with Gasteiger partial charge in [0.15, 0.2) is 6.61 Å². The van der Waals surface area contributed by atoms with E-state index >= 15 is 0 Å². The molecule has 5 heteroatoms. The molecule has 0 saturated carbocycles. The van der Waals surface area contributed by atoms with Crippen molar-refractivity contribution in [1.82, 2.24) is 10.9 Å². The van der Waals surface area contributed by atoms with Gasteiger partial charge in [-0.3, -0.25) is 20.4 Å². The molecule has 5 nitrogen and oxygen atoms in total. The number of ether oxygens (including phenoxy) is 1. The van der Waals surface area contributed by atoms with E-state index in [-0.39, 0.29) is 12.5 Å². The van der Waals surface area contributed by atoms with Gasteiger partial charge in [0.1, 0.15) is 5.75 Å². The second kappa shape index (κ2) is 9.20. The van der Waals surface area contributed by atoms with Gasteiger partial charge in [0.25, 0.3) is 11.8 Å². The number of carbonyl (C=O) groups excluding carboxylic acids is 2. The Morgan fingerprint density at radius 1 is 0.741 bits per heavy atom. The molecule has 0 radical (unpaired) electrons. The van der Waals surface area contributed by atoms with E-state index in [1.165, 1.54) is 0 Å². The molecule has 0 unspecified atom stereocenters. The van der Waals surface area contributed by atoms with Crippen molar-refractivity contribution < 1.29 is 14.3 Å². The van der Waals surface area contributed by atoms with Crippen LogP contribution >= 0.6 is 0 Å². The summed E-state index contributed by atoms with van der Waals surface area (Å²) in [4.78, 5) is 23.9. The number of para-hydroxylation sites is 1. The number of carbonyl (C=O) groups is 2. The van der Waals surface area contributed by atoms with E-state index in [1.807, 2.05) is 60.7 Å². The van der Waals surface area contributed by atoms with Gasteiger partial charge in [-0.1, -0.05) is 66.7 Å². The van der Waals surface area contributed by atoms with E-state index in [2.05, 4.69) is 10.9 Å². The summed E-state index contributed by atoms with van der Waals surface area (Å²) in [6.45, 7) is -0.194. The van der Waals surface area contributed by atoms with Gasteiger partial charge in [-0.25, -0.2) is 0 Å². The molecule has 0 bridgehead atoms. The molecule has 0 spiro atoms. The first-order valence-electron chi connectivity index (χ1n) is 8.61. The molecule has 3 aromatic carbocycles. The highest BCUT2D eigenvalue weighted by Gasteiger charge is 2.09. The lowest BCUT2D eigenvalue weighted by atomic mass is 10.0. The van der Waals surface area contributed by atoms with Gasteiger partial charge in [0, 0.05) is 12.0 Å². The van der Waals surface area contributed by atoms with Crippen molar-refractivity contribution in [3.05, 3.63) is 102 Å². The molecule has 2 N–H and O–H groups in total. The predicted molar refractivity (Wildman–Crippen MR) is 103 cm³/mol. The summed E-state index contributed by atoms with van der Waals surface area (Å²) < 4.78 is 5.65. The third-order valence-electron chi connectivity index (χ3n) is 3.92. The van der Waals surface area contributed by atoms with Crippen molar-refractivity contribution in [2.45, 2.75) is 6.42 Å². The summed E-state index contributed by atoms with van der Waals surface area (Å²) >= 11 is 0. The van der Waals surface area contributed by atoms with Gasteiger partial charge in [0.05, 0.1) is 0 Å². The fourth-order valence-electron chi connectivity index (χ4n) is 2.57. The Balaban J connectivity index is 1.52. The van der Waals surface area contributed by atoms with Crippen molar-refractivity contribution >= 4 is 11.8 Å². The van der Waals surface area contributed by atoms with Crippen molar-refractivity contribution in [2.24, 2.45) is 0 Å². The van der Waals surface area contributed by atoms with Crippen LogP contribution in [-0.2, 0) is 11.2 Å². The Morgan fingerprint density at radius 3 is 2.11 bits per heavy atom. The molecule has 136 valence electrons. The molecule has 3 aromatic rings. The largest absolute Gasteiger partial charge is 0.483 e. The standard InChI is InChI=1S/C22H20N2O3/c25-21(23-24-22(26)18-11-5-2-6-12-18)16-27-20-14-8-7-13-19(20)15-17-9-3-1-4-10-17/h1-14H,15-16H2,(H,23,25)(H,24,26). The van der Waals surface area contributed by atoms with Crippen LogP contribution in [0.15, 0.2) is 84.9 Å². The molecule has 0 aliphatic carbocycles. The molecule has 0 aliphatic rings. The van der Waals surface area contributed by atoms with Gasteiger partial charge in [-0.05, 0) is 29.3 Å². The second-order valence-corrected chi connectivity index (χ2v) is 5.93. The Morgan fingerprint density at radius 2 is 1.37 bits per heavy atom. The van der Waals surface area contributed by atoms with Gasteiger partial charge in [-0.2, -0.15) is 0 Å². The molecular weight excluding hydrogens is 340 g/mol. The molecule has 0 aromatic heterocycles. The molecule has 0 saturated heterocycles. The topological polar surface area (TPSA) is 67.4 Å². The Bertz CT molecular complexity index is 896. The fraction of sp³-hybridized carbons (Fsp3) is 0.0909. The molecular formula is C22H20N2O3. The quantitative estimate of drug-likeness (QED) is 0.664. The first-order valence-corrected chi connectivity index (χ1v) is 8.61. The van der Waals surface area contributed by atoms with Crippen LogP contribution in [0.25, 0.3) is 0 Å². The van der Waals surface area contributed by atoms with Gasteiger partial charge in [-0.15, -0.1) is 0 Å². The molecule has 2 amide bonds. The lowest BCUT2D eigenvalue weighted by Gasteiger charge is -2.12. The number of hydrogen-bond acceptors (Lipinski definition) is 3. The first-order chi connectivity index (χ1) is 13.2. The molecule has 0 aliphatic heterocycles. The van der Waals surface area contributed by atoms with E-state index in [4.69, 9.17) is 4.74 Å². The van der Waals surface area contributed by atoms with Gasteiger partial charge in [0.2, 0.25) is 0 Å². The highest BCUT2D eigenvalue weighted by molar-refractivity contribution is 5.95. The Hall–Kier alpha value is -3.60. The number of hydrogen-bond donors (Lipinski definition) is 2. The monoisotopic (exact) mass is 360 g/mol. The van der Waals surface area contributed by atoms with Crippen LogP contribution in [0.3, 0.4) is 0 Å². The average molecular weight is 360 g/mol. The van der Waals surface area contributed by atoms with Crippen LogP contribution in [0, 0.1) is 0 Å². The summed E-state index contributed by atoms with van der Waals surface area (Å²) in [7, 11) is 0. The third kappa shape index (κ3) is 5.44. The number of rotatable bonds is 6. The van der Waals surface area contributed by atoms with Gasteiger partial charge >= 0.3 is 0 Å². The van der Waals surface area contributed by atoms with E-state index < -0.39 is 5.91 Å². The third-order valence-corrected chi connectivity index (χ3v) is 3.92. The first kappa shape index (κ1) is 18.2. The van der Waals surface area contributed by atoms with Crippen LogP contribution < -0.4 is 15.6 Å². The highest BCUT2D eigenvalue weighted by Crippen LogP contribution is 2.21. The number of hydrazine groups is 1. The molecule has 0 atom stereocenters. The smallest absolute Gasteiger partial charge is 0.276 e. The van der Waals surface area contributed by atoms with E-state index in [9.17, 15) is 9.59 Å². The summed E-state index contributed by atoms with van der Waals surface area (Å²) in [5.41, 5.74) is 7.34. The van der Waals surface area contributed by atoms with E-state index in [0.29, 0.717) is 17.7 Å². The number of nitrogens with one attached hydrogen (secondary N) is 2. The molecule has 3 rings (SSSR count). The second-order valence-electron chi connectivity index (χ2n) is 5.93. The summed E-state index contributed by atoms with van der Waals surface area (Å²) in [6, 6.07) is 26.3. The molecule has 27 heavy (non-hydrogen) atoms. The average Bonchev–Trinajstić information content (AvgIpc) is 2.73. The van der Waals surface area contributed by atoms with Gasteiger partial charge < -0.3 is 4.74 Å². The molecule has 0 fully saturated rings. The maximum atomic E-state index is 12.0. The summed E-state index contributed by atoms with van der Waals surface area (Å²) in [5, 5.41) is 0. The Kier molecular flexibility index (Phi) is 6.20. The minimum absolute atomic E-state index is 0.194. The van der Waals surface area contributed by atoms with Crippen LogP contribution in [-0.4, -0.2) is 18.4 Å². The van der Waals surface area contributed by atoms with Crippen molar-refractivity contribution in [3.63, 3.8) is 0 Å². The fourth-order valence-corrected chi connectivity index (χ4v) is 2.57. The van der Waals surface area contributed by atoms with E-state index in [0.717, 1.165) is 11.1 Å². The lowest BCUT2D eigenvalue weighted by molar-refractivity contribution is -0.123. The van der Waals surface area contributed by atoms with Crippen molar-refractivity contribution in [2.75, 3.05) is 6.61 Å². The SMILES string of the molecule is O=C(COc1ccccc1Cc1ccccc1)NNC(=O)c1ccccc1. The zero-order chi connectivity index (χ0) is 18.9. The number of benzene rings is 3. The lowest BCUT2D eigenvalue weighted by Crippen LogP contribution is -2.43. The maximum absolute atomic E-state index is 12.0.